The standard InChI is InChI=1S/C57H44/c1-5-2-8-12-16-20-24-28-32-36-40-38-34-30-26-22-18-14-10-4-6-3-9-13-17-21-25-29-33-37-39-35-31-27-23-19-15-11-7(1)41(5,8)43(11,12)45(15,16)47(19,20)49(23,24)51(27,28)53(31,32)55(35,36)57(39,40)56(37,38)54(33,34)52(29,30)50(25,26)48(21,22)46(17,18)44(13,14)42(6,9)10/h5-40H,1-4H2. The van der Waals surface area contributed by atoms with E-state index in [-0.39, 0.29) is 0 Å². The summed E-state index contributed by atoms with van der Waals surface area (Å²) in [5.74, 6) is 49.6. The highest BCUT2D eigenvalue weighted by atomic mass is 15.4. The molecule has 0 aliphatic heterocycles. The molecule has 272 valence electrons. The first kappa shape index (κ1) is 21.1. The Hall–Kier alpha value is 0. The van der Waals surface area contributed by atoms with Gasteiger partial charge in [0.05, 0.1) is 0 Å². The van der Waals surface area contributed by atoms with Crippen LogP contribution in [0.4, 0.5) is 0 Å². The molecule has 0 heteroatoms. The Balaban J connectivity index is 0.585. The topological polar surface area (TPSA) is 0 Å². The lowest BCUT2D eigenvalue weighted by atomic mass is 8.62. The first-order valence-corrected chi connectivity index (χ1v) is 28.3. The summed E-state index contributed by atoms with van der Waals surface area (Å²) < 4.78 is 0. The Morgan fingerprint density at radius 2 is 0.298 bits per heavy atom. The molecule has 32 atom stereocenters. The molecule has 32 unspecified atom stereocenters. The SMILES string of the molecule is C1C2CC3C4C5C6C7C8C9C%10C%11C%12C%13C%14C%15C%16C%17C%18C%19CC%20CC%21C%22C%23C%24C%25C%26C%27C%28C%29C%30C%31C%32C%33C%34C%35C%36C1C23C%364C%355C%346C%337C%328C%319C%30%10C%29%11C%28%12C%27%13C%26%14C%25%15C%24%16C%23%17C%22%18C%20%21%19. The third-order valence-corrected chi connectivity index (χ3v) is 45.3. The number of hydrogen-bond acceptors (Lipinski definition) is 0. The summed E-state index contributed by atoms with van der Waals surface area (Å²) in [5, 5.41) is 0. The summed E-state index contributed by atoms with van der Waals surface area (Å²) in [4.78, 5) is 0. The summed E-state index contributed by atoms with van der Waals surface area (Å²) in [6, 6.07) is 0. The summed E-state index contributed by atoms with van der Waals surface area (Å²) >= 11 is 0. The van der Waals surface area contributed by atoms with Crippen molar-refractivity contribution in [3.63, 3.8) is 0 Å². The third-order valence-electron chi connectivity index (χ3n) is 45.3. The lowest BCUT2D eigenvalue weighted by Gasteiger charge is -3.41. The van der Waals surface area contributed by atoms with Crippen molar-refractivity contribution in [2.45, 2.75) is 25.7 Å². The predicted molar refractivity (Wildman–Crippen MR) is 185 cm³/mol. The predicted octanol–water partition coefficient (Wildman–Crippen LogP) is 5.99. The monoisotopic (exact) mass is 728 g/mol. The van der Waals surface area contributed by atoms with Gasteiger partial charge < -0.3 is 0 Å². The summed E-state index contributed by atoms with van der Waals surface area (Å²) in [6.45, 7) is 0. The molecule has 0 aromatic carbocycles. The van der Waals surface area contributed by atoms with E-state index in [9.17, 15) is 0 Å². The van der Waals surface area contributed by atoms with E-state index in [0.717, 1.165) is 92.1 Å². The van der Waals surface area contributed by atoms with Gasteiger partial charge in [0.25, 0.3) is 0 Å². The summed E-state index contributed by atoms with van der Waals surface area (Å²) in [5.41, 5.74) is 18.6. The molecule has 0 heterocycles. The van der Waals surface area contributed by atoms with E-state index in [1.165, 1.54) is 213 Å². The number of rotatable bonds is 0. The molecule has 0 N–H and O–H groups in total. The highest BCUT2D eigenvalue weighted by Gasteiger charge is 3.42. The van der Waals surface area contributed by atoms with Crippen LogP contribution in [-0.4, -0.2) is 0 Å². The maximum atomic E-state index is 1.77. The zero-order valence-corrected chi connectivity index (χ0v) is 32.1. The van der Waals surface area contributed by atoms with Crippen LogP contribution in [-0.2, 0) is 0 Å². The van der Waals surface area contributed by atoms with Gasteiger partial charge in [0.15, 0.2) is 0 Å². The zero-order valence-electron chi connectivity index (χ0n) is 32.1. The van der Waals surface area contributed by atoms with E-state index < -0.39 is 0 Å². The van der Waals surface area contributed by atoms with E-state index >= 15 is 0 Å². The molecule has 36 fully saturated rings. The molecule has 0 radical (unpaired) electrons. The molecular weight excluding hydrogens is 685 g/mol. The van der Waals surface area contributed by atoms with Crippen LogP contribution in [0, 0.1) is 305 Å². The zero-order chi connectivity index (χ0) is 32.1. The minimum Gasteiger partial charge on any atom is -0.0461 e. The van der Waals surface area contributed by atoms with Crippen molar-refractivity contribution in [1.29, 1.82) is 0 Å². The van der Waals surface area contributed by atoms with Crippen molar-refractivity contribution in [2.24, 2.45) is 305 Å². The van der Waals surface area contributed by atoms with Gasteiger partial charge in [0.2, 0.25) is 0 Å². The van der Waals surface area contributed by atoms with Crippen molar-refractivity contribution in [3.05, 3.63) is 0 Å². The van der Waals surface area contributed by atoms with Crippen LogP contribution in [0.3, 0.4) is 0 Å². The van der Waals surface area contributed by atoms with Crippen LogP contribution in [0.5, 0.6) is 0 Å². The average Bonchev–Trinajstić information content (AvgIpc) is 3.07. The number of hydrogen-bond donors (Lipinski definition) is 0. The Morgan fingerprint density at radius 3 is 0.456 bits per heavy atom. The second-order valence-electron chi connectivity index (χ2n) is 35.4. The van der Waals surface area contributed by atoms with Gasteiger partial charge in [-0.05, 0) is 331 Å². The lowest BCUT2D eigenvalue weighted by molar-refractivity contribution is -0.954. The minimum atomic E-state index is 1.07. The Bertz CT molecular complexity index is 2930. The van der Waals surface area contributed by atoms with E-state index in [4.69, 9.17) is 0 Å². The Kier molecular flexibility index (Phi) is 1.37. The molecule has 0 nitrogen and oxygen atoms in total. The quantitative estimate of drug-likeness (QED) is 0.288. The second-order valence-corrected chi connectivity index (χ2v) is 35.4. The van der Waals surface area contributed by atoms with E-state index in [1.54, 1.807) is 25.7 Å². The fourth-order valence-corrected chi connectivity index (χ4v) is 53.7. The normalized spacial score (nSPS) is 127. The molecule has 0 saturated heterocycles. The van der Waals surface area contributed by atoms with E-state index in [1.807, 2.05) is 0 Å². The number of fused-ring (bicyclic) bond motifs is 32. The van der Waals surface area contributed by atoms with Gasteiger partial charge in [-0.2, -0.15) is 0 Å². The molecule has 36 aliphatic carbocycles. The van der Waals surface area contributed by atoms with Crippen molar-refractivity contribution in [2.75, 3.05) is 0 Å². The van der Waals surface area contributed by atoms with Crippen LogP contribution in [0.25, 0.3) is 0 Å². The molecule has 36 aliphatic rings. The van der Waals surface area contributed by atoms with E-state index in [0.29, 0.717) is 0 Å². The van der Waals surface area contributed by atoms with Crippen LogP contribution in [0.1, 0.15) is 25.7 Å². The molecule has 57 heavy (non-hydrogen) atoms. The molecule has 0 aromatic heterocycles. The molecule has 36 rings (SSSR count). The lowest BCUT2D eigenvalue weighted by Crippen LogP contribution is -3.39. The minimum absolute atomic E-state index is 1.07. The fourth-order valence-electron chi connectivity index (χ4n) is 53.7. The summed E-state index contributed by atoms with van der Waals surface area (Å²) in [7, 11) is 0. The summed E-state index contributed by atoms with van der Waals surface area (Å²) in [6.07, 6.45) is 7.06. The van der Waals surface area contributed by atoms with Gasteiger partial charge in [0.1, 0.15) is 0 Å². The van der Waals surface area contributed by atoms with Crippen molar-refractivity contribution in [3.8, 4) is 0 Å². The first-order chi connectivity index (χ1) is 28.3. The molecule has 0 aromatic rings. The maximum absolute atomic E-state index is 1.77. The van der Waals surface area contributed by atoms with Crippen LogP contribution < -0.4 is 0 Å². The highest BCUT2D eigenvalue weighted by Crippen LogP contribution is 3.43. The molecule has 17 spiro atoms. The second kappa shape index (κ2) is 3.70. The van der Waals surface area contributed by atoms with Crippen molar-refractivity contribution >= 4 is 0 Å². The molecule has 0 bridgehead atoms. The molecule has 0 amide bonds. The fraction of sp³-hybridized carbons (Fsp3) is 1.00. The van der Waals surface area contributed by atoms with Gasteiger partial charge in [0, 0.05) is 0 Å². The highest BCUT2D eigenvalue weighted by molar-refractivity contribution is 5.87. The van der Waals surface area contributed by atoms with Crippen LogP contribution in [0.2, 0.25) is 0 Å². The van der Waals surface area contributed by atoms with Gasteiger partial charge in [-0.1, -0.05) is 0 Å². The van der Waals surface area contributed by atoms with Gasteiger partial charge in [-0.25, -0.2) is 0 Å². The maximum Gasteiger partial charge on any atom is -0.00932 e. The van der Waals surface area contributed by atoms with Gasteiger partial charge in [-0.15, -0.1) is 0 Å². The Morgan fingerprint density at radius 1 is 0.158 bits per heavy atom. The largest absolute Gasteiger partial charge is 0.0461 e. The van der Waals surface area contributed by atoms with E-state index in [2.05, 4.69) is 0 Å². The van der Waals surface area contributed by atoms with Crippen LogP contribution in [0.15, 0.2) is 0 Å². The van der Waals surface area contributed by atoms with Gasteiger partial charge >= 0.3 is 0 Å². The van der Waals surface area contributed by atoms with Crippen molar-refractivity contribution < 1.29 is 0 Å². The smallest absolute Gasteiger partial charge is 0.00932 e. The molecule has 36 saturated carbocycles. The third kappa shape index (κ3) is 0.643. The Labute approximate surface area is 329 Å². The molecular formula is C57H44. The first-order valence-electron chi connectivity index (χ1n) is 28.3. The van der Waals surface area contributed by atoms with Crippen molar-refractivity contribution in [1.82, 2.24) is 0 Å². The van der Waals surface area contributed by atoms with Gasteiger partial charge in [-0.3, -0.25) is 0 Å². The van der Waals surface area contributed by atoms with Crippen LogP contribution >= 0.6 is 0 Å². The average molecular weight is 729 g/mol.